The van der Waals surface area contributed by atoms with Crippen LogP contribution in [0.2, 0.25) is 0 Å². The fraction of sp³-hybridized carbons (Fsp3) is 0.333. The Morgan fingerprint density at radius 1 is 1.04 bits per heavy atom. The number of para-hydroxylation sites is 1. The molecule has 2 heterocycles. The van der Waals surface area contributed by atoms with Gasteiger partial charge in [-0.15, -0.1) is 0 Å². The maximum Gasteiger partial charge on any atom is 0.254 e. The van der Waals surface area contributed by atoms with Crippen molar-refractivity contribution in [2.24, 2.45) is 0 Å². The van der Waals surface area contributed by atoms with E-state index >= 15 is 0 Å². The lowest BCUT2D eigenvalue weighted by Gasteiger charge is -2.34. The summed E-state index contributed by atoms with van der Waals surface area (Å²) >= 11 is 1.71. The van der Waals surface area contributed by atoms with Gasteiger partial charge >= 0.3 is 0 Å². The highest BCUT2D eigenvalue weighted by Crippen LogP contribution is 2.31. The largest absolute Gasteiger partial charge is 0.493 e. The molecule has 1 saturated heterocycles. The van der Waals surface area contributed by atoms with Gasteiger partial charge in [0.25, 0.3) is 5.91 Å². The summed E-state index contributed by atoms with van der Waals surface area (Å²) < 4.78 is 11.8. The second kappa shape index (κ2) is 7.67. The predicted molar refractivity (Wildman–Crippen MR) is 112 cm³/mol. The number of methoxy groups -OCH3 is 2. The van der Waals surface area contributed by atoms with Crippen molar-refractivity contribution in [3.05, 3.63) is 47.5 Å². The molecule has 0 aliphatic carbocycles. The van der Waals surface area contributed by atoms with Gasteiger partial charge < -0.3 is 19.3 Å². The van der Waals surface area contributed by atoms with E-state index in [1.807, 2.05) is 4.90 Å². The highest BCUT2D eigenvalue weighted by atomic mass is 32.1. The van der Waals surface area contributed by atoms with Gasteiger partial charge in [-0.3, -0.25) is 4.79 Å². The van der Waals surface area contributed by atoms with Crippen molar-refractivity contribution in [2.75, 3.05) is 45.3 Å². The number of fused-ring (bicyclic) bond motifs is 1. The molecular weight excluding hydrogens is 374 g/mol. The molecule has 0 bridgehead atoms. The minimum atomic E-state index is 0.0146. The highest BCUT2D eigenvalue weighted by molar-refractivity contribution is 7.22. The van der Waals surface area contributed by atoms with Crippen molar-refractivity contribution >= 4 is 32.6 Å². The predicted octanol–water partition coefficient (Wildman–Crippen LogP) is 3.58. The Balaban J connectivity index is 1.46. The Bertz CT molecular complexity index is 1010. The number of benzene rings is 2. The third-order valence-electron chi connectivity index (χ3n) is 5.08. The van der Waals surface area contributed by atoms with Crippen molar-refractivity contribution in [1.82, 2.24) is 9.88 Å². The molecule has 146 valence electrons. The number of amides is 1. The molecule has 4 rings (SSSR count). The molecule has 3 aromatic rings. The molecule has 0 radical (unpaired) electrons. The van der Waals surface area contributed by atoms with Gasteiger partial charge in [-0.2, -0.15) is 0 Å². The molecule has 1 aromatic heterocycles. The number of piperazine rings is 1. The van der Waals surface area contributed by atoms with E-state index < -0.39 is 0 Å². The van der Waals surface area contributed by atoms with Crippen LogP contribution >= 0.6 is 11.3 Å². The smallest absolute Gasteiger partial charge is 0.254 e. The van der Waals surface area contributed by atoms with E-state index in [4.69, 9.17) is 14.5 Å². The standard InChI is InChI=1S/C21H23N3O3S/c1-14-5-4-6-18-19(14)22-21(28-18)24-11-9-23(10-12-24)20(25)15-7-8-16(26-2)17(13-15)27-3/h4-8,13H,9-12H2,1-3H3. The van der Waals surface area contributed by atoms with E-state index in [1.165, 1.54) is 10.3 Å². The number of aryl methyl sites for hydroxylation is 1. The minimum Gasteiger partial charge on any atom is -0.493 e. The zero-order chi connectivity index (χ0) is 19.7. The summed E-state index contributed by atoms with van der Waals surface area (Å²) in [6.45, 7) is 4.98. The van der Waals surface area contributed by atoms with E-state index in [2.05, 4.69) is 30.0 Å². The summed E-state index contributed by atoms with van der Waals surface area (Å²) in [6, 6.07) is 11.6. The first kappa shape index (κ1) is 18.6. The third kappa shape index (κ3) is 3.38. The fourth-order valence-corrected chi connectivity index (χ4v) is 4.56. The molecule has 0 saturated carbocycles. The second-order valence-electron chi connectivity index (χ2n) is 6.77. The Hall–Kier alpha value is -2.80. The summed E-state index contributed by atoms with van der Waals surface area (Å²) in [5.74, 6) is 1.20. The lowest BCUT2D eigenvalue weighted by Crippen LogP contribution is -2.48. The summed E-state index contributed by atoms with van der Waals surface area (Å²) in [4.78, 5) is 21.9. The molecule has 1 aliphatic heterocycles. The third-order valence-corrected chi connectivity index (χ3v) is 6.16. The lowest BCUT2D eigenvalue weighted by atomic mass is 10.1. The Morgan fingerprint density at radius 3 is 2.46 bits per heavy atom. The van der Waals surface area contributed by atoms with Crippen molar-refractivity contribution < 1.29 is 14.3 Å². The maximum absolute atomic E-state index is 12.9. The molecule has 0 unspecified atom stereocenters. The molecule has 7 heteroatoms. The van der Waals surface area contributed by atoms with Gasteiger partial charge in [-0.25, -0.2) is 4.98 Å². The number of anilines is 1. The number of hydrogen-bond donors (Lipinski definition) is 0. The number of ether oxygens (including phenoxy) is 2. The number of carbonyl (C=O) groups is 1. The van der Waals surface area contributed by atoms with Crippen LogP contribution in [0.25, 0.3) is 10.2 Å². The number of rotatable bonds is 4. The van der Waals surface area contributed by atoms with Crippen LogP contribution in [-0.4, -0.2) is 56.2 Å². The molecule has 28 heavy (non-hydrogen) atoms. The number of carbonyl (C=O) groups excluding carboxylic acids is 1. The SMILES string of the molecule is COc1ccc(C(=O)N2CCN(c3nc4c(C)cccc4s3)CC2)cc1OC. The van der Waals surface area contributed by atoms with Crippen LogP contribution in [-0.2, 0) is 0 Å². The van der Waals surface area contributed by atoms with Gasteiger partial charge in [0.05, 0.1) is 24.4 Å². The van der Waals surface area contributed by atoms with Gasteiger partial charge in [0.1, 0.15) is 0 Å². The van der Waals surface area contributed by atoms with Gasteiger partial charge in [0, 0.05) is 31.7 Å². The molecule has 0 N–H and O–H groups in total. The first-order valence-corrected chi connectivity index (χ1v) is 10.0. The minimum absolute atomic E-state index is 0.0146. The fourth-order valence-electron chi connectivity index (χ4n) is 3.46. The van der Waals surface area contributed by atoms with Crippen molar-refractivity contribution in [1.29, 1.82) is 0 Å². The Kier molecular flexibility index (Phi) is 5.09. The van der Waals surface area contributed by atoms with E-state index in [0.717, 1.165) is 23.7 Å². The van der Waals surface area contributed by atoms with Crippen molar-refractivity contribution in [3.63, 3.8) is 0 Å². The van der Waals surface area contributed by atoms with E-state index in [1.54, 1.807) is 43.8 Å². The molecule has 1 aliphatic rings. The average Bonchev–Trinajstić information content (AvgIpc) is 3.18. The Morgan fingerprint density at radius 2 is 1.79 bits per heavy atom. The first-order valence-electron chi connectivity index (χ1n) is 9.23. The van der Waals surface area contributed by atoms with E-state index in [-0.39, 0.29) is 5.91 Å². The van der Waals surface area contributed by atoms with Gasteiger partial charge in [-0.05, 0) is 36.8 Å². The van der Waals surface area contributed by atoms with Crippen LogP contribution in [0.5, 0.6) is 11.5 Å². The van der Waals surface area contributed by atoms with E-state index in [0.29, 0.717) is 30.2 Å². The normalized spacial score (nSPS) is 14.4. The van der Waals surface area contributed by atoms with Crippen LogP contribution in [0.1, 0.15) is 15.9 Å². The molecular formula is C21H23N3O3S. The summed E-state index contributed by atoms with van der Waals surface area (Å²) in [7, 11) is 3.16. The van der Waals surface area contributed by atoms with Gasteiger partial charge in [0.15, 0.2) is 16.6 Å². The molecule has 0 spiro atoms. The number of aromatic nitrogens is 1. The summed E-state index contributed by atoms with van der Waals surface area (Å²) in [6.07, 6.45) is 0. The summed E-state index contributed by atoms with van der Waals surface area (Å²) in [5.41, 5.74) is 2.88. The van der Waals surface area contributed by atoms with Crippen LogP contribution in [0.15, 0.2) is 36.4 Å². The van der Waals surface area contributed by atoms with Crippen molar-refractivity contribution in [2.45, 2.75) is 6.92 Å². The molecule has 1 amide bonds. The number of hydrogen-bond acceptors (Lipinski definition) is 6. The molecule has 1 fully saturated rings. The monoisotopic (exact) mass is 397 g/mol. The van der Waals surface area contributed by atoms with Crippen LogP contribution in [0.4, 0.5) is 5.13 Å². The maximum atomic E-state index is 12.9. The molecule has 6 nitrogen and oxygen atoms in total. The van der Waals surface area contributed by atoms with Crippen molar-refractivity contribution in [3.8, 4) is 11.5 Å². The quantitative estimate of drug-likeness (QED) is 0.674. The van der Waals surface area contributed by atoms with Crippen LogP contribution in [0, 0.1) is 6.92 Å². The highest BCUT2D eigenvalue weighted by Gasteiger charge is 2.24. The van der Waals surface area contributed by atoms with Gasteiger partial charge in [-0.1, -0.05) is 23.5 Å². The van der Waals surface area contributed by atoms with Crippen LogP contribution < -0.4 is 14.4 Å². The molecule has 2 aromatic carbocycles. The second-order valence-corrected chi connectivity index (χ2v) is 7.78. The Labute approximate surface area is 168 Å². The molecule has 0 atom stereocenters. The first-order chi connectivity index (χ1) is 13.6. The lowest BCUT2D eigenvalue weighted by molar-refractivity contribution is 0.0746. The average molecular weight is 398 g/mol. The summed E-state index contributed by atoms with van der Waals surface area (Å²) in [5, 5.41) is 1.03. The van der Waals surface area contributed by atoms with Gasteiger partial charge in [0.2, 0.25) is 0 Å². The number of nitrogens with zero attached hydrogens (tertiary/aromatic N) is 3. The topological polar surface area (TPSA) is 54.9 Å². The zero-order valence-corrected chi connectivity index (χ0v) is 17.1. The van der Waals surface area contributed by atoms with Crippen LogP contribution in [0.3, 0.4) is 0 Å². The zero-order valence-electron chi connectivity index (χ0n) is 16.3. The number of thiazole rings is 1. The van der Waals surface area contributed by atoms with E-state index in [9.17, 15) is 4.79 Å².